The van der Waals surface area contributed by atoms with E-state index in [1.807, 2.05) is 11.9 Å². The van der Waals surface area contributed by atoms with Gasteiger partial charge in [0.15, 0.2) is 0 Å². The van der Waals surface area contributed by atoms with Gasteiger partial charge in [0.05, 0.1) is 5.60 Å². The van der Waals surface area contributed by atoms with Crippen LogP contribution in [-0.2, 0) is 6.54 Å². The van der Waals surface area contributed by atoms with Gasteiger partial charge in [-0.3, -0.25) is 10.3 Å². The third-order valence-corrected chi connectivity index (χ3v) is 2.46. The molecular weight excluding hydrogens is 233 g/mol. The molecule has 1 aromatic rings. The Bertz CT molecular complexity index is 440. The lowest BCUT2D eigenvalue weighted by atomic mass is 10.0. The Kier molecular flexibility index (Phi) is 4.43. The summed E-state index contributed by atoms with van der Waals surface area (Å²) in [5.41, 5.74) is 5.81. The molecule has 0 aliphatic heterocycles. The molecule has 0 unspecified atom stereocenters. The van der Waals surface area contributed by atoms with Crippen molar-refractivity contribution < 1.29 is 9.50 Å². The van der Waals surface area contributed by atoms with Crippen molar-refractivity contribution in [2.75, 3.05) is 13.6 Å². The van der Waals surface area contributed by atoms with Gasteiger partial charge in [-0.15, -0.1) is 0 Å². The van der Waals surface area contributed by atoms with E-state index in [-0.39, 0.29) is 5.84 Å². The first-order chi connectivity index (χ1) is 8.19. The van der Waals surface area contributed by atoms with Crippen LogP contribution in [0.1, 0.15) is 25.0 Å². The quantitative estimate of drug-likeness (QED) is 0.547. The highest BCUT2D eigenvalue weighted by Gasteiger charge is 2.17. The third kappa shape index (κ3) is 4.43. The average molecular weight is 253 g/mol. The van der Waals surface area contributed by atoms with Gasteiger partial charge in [0, 0.05) is 18.7 Å². The van der Waals surface area contributed by atoms with Crippen LogP contribution in [0.3, 0.4) is 0 Å². The molecule has 5 heteroatoms. The van der Waals surface area contributed by atoms with E-state index in [9.17, 15) is 9.50 Å². The van der Waals surface area contributed by atoms with Gasteiger partial charge in [-0.2, -0.15) is 0 Å². The van der Waals surface area contributed by atoms with Crippen molar-refractivity contribution in [3.63, 3.8) is 0 Å². The first kappa shape index (κ1) is 14.6. The van der Waals surface area contributed by atoms with Crippen molar-refractivity contribution in [1.82, 2.24) is 4.90 Å². The minimum Gasteiger partial charge on any atom is -0.389 e. The fourth-order valence-electron chi connectivity index (χ4n) is 1.94. The second-order valence-corrected chi connectivity index (χ2v) is 5.20. The number of rotatable bonds is 5. The fraction of sp³-hybridized carbons (Fsp3) is 0.462. The van der Waals surface area contributed by atoms with Crippen molar-refractivity contribution in [3.8, 4) is 0 Å². The monoisotopic (exact) mass is 253 g/mol. The Morgan fingerprint density at radius 1 is 1.50 bits per heavy atom. The van der Waals surface area contributed by atoms with E-state index in [1.165, 1.54) is 12.1 Å². The number of benzene rings is 1. The van der Waals surface area contributed by atoms with Gasteiger partial charge < -0.3 is 10.8 Å². The zero-order valence-corrected chi connectivity index (χ0v) is 11.0. The zero-order valence-electron chi connectivity index (χ0n) is 11.0. The average Bonchev–Trinajstić information content (AvgIpc) is 2.17. The van der Waals surface area contributed by atoms with Gasteiger partial charge in [0.25, 0.3) is 0 Å². The zero-order chi connectivity index (χ0) is 13.9. The molecule has 0 saturated carbocycles. The van der Waals surface area contributed by atoms with Crippen LogP contribution >= 0.6 is 0 Å². The molecule has 4 N–H and O–H groups in total. The van der Waals surface area contributed by atoms with Crippen LogP contribution in [-0.4, -0.2) is 35.0 Å². The summed E-state index contributed by atoms with van der Waals surface area (Å²) >= 11 is 0. The number of nitrogens with one attached hydrogen (secondary N) is 1. The van der Waals surface area contributed by atoms with Crippen molar-refractivity contribution in [3.05, 3.63) is 35.1 Å². The van der Waals surface area contributed by atoms with Gasteiger partial charge in [0.1, 0.15) is 11.7 Å². The molecule has 18 heavy (non-hydrogen) atoms. The van der Waals surface area contributed by atoms with Gasteiger partial charge in [-0.05, 0) is 38.6 Å². The minimum absolute atomic E-state index is 0.152. The van der Waals surface area contributed by atoms with Crippen LogP contribution in [0.15, 0.2) is 18.2 Å². The van der Waals surface area contributed by atoms with E-state index in [4.69, 9.17) is 11.1 Å². The largest absolute Gasteiger partial charge is 0.389 e. The second kappa shape index (κ2) is 5.46. The standard InChI is InChI=1S/C13H20FN3O/c1-13(2,18)8-17(3)7-9-4-5-10(14)6-11(9)12(15)16/h4-6,18H,7-8H2,1-3H3,(H3,15,16). The summed E-state index contributed by atoms with van der Waals surface area (Å²) in [6.45, 7) is 4.42. The highest BCUT2D eigenvalue weighted by Crippen LogP contribution is 2.14. The smallest absolute Gasteiger partial charge is 0.123 e. The number of nitrogens with zero attached hydrogens (tertiary/aromatic N) is 1. The molecule has 100 valence electrons. The number of amidine groups is 1. The van der Waals surface area contributed by atoms with Crippen molar-refractivity contribution in [1.29, 1.82) is 5.41 Å². The lowest BCUT2D eigenvalue weighted by Gasteiger charge is -2.26. The predicted molar refractivity (Wildman–Crippen MR) is 70.0 cm³/mol. The topological polar surface area (TPSA) is 73.3 Å². The molecule has 0 fully saturated rings. The summed E-state index contributed by atoms with van der Waals surface area (Å²) in [7, 11) is 1.85. The first-order valence-electron chi connectivity index (χ1n) is 5.73. The van der Waals surface area contributed by atoms with Crippen molar-refractivity contribution >= 4 is 5.84 Å². The Morgan fingerprint density at radius 3 is 2.61 bits per heavy atom. The van der Waals surface area contributed by atoms with Gasteiger partial charge >= 0.3 is 0 Å². The highest BCUT2D eigenvalue weighted by molar-refractivity contribution is 5.96. The normalized spacial score (nSPS) is 11.9. The molecule has 0 heterocycles. The second-order valence-electron chi connectivity index (χ2n) is 5.20. The van der Waals surface area contributed by atoms with Crippen molar-refractivity contribution in [2.24, 2.45) is 5.73 Å². The molecule has 0 aliphatic carbocycles. The molecule has 0 spiro atoms. The number of halogens is 1. The van der Waals surface area contributed by atoms with Crippen LogP contribution in [0.4, 0.5) is 4.39 Å². The molecule has 0 saturated heterocycles. The minimum atomic E-state index is -0.800. The number of hydrogen-bond donors (Lipinski definition) is 3. The summed E-state index contributed by atoms with van der Waals surface area (Å²) in [6.07, 6.45) is 0. The lowest BCUT2D eigenvalue weighted by molar-refractivity contribution is 0.0424. The van der Waals surface area contributed by atoms with E-state index in [0.29, 0.717) is 18.7 Å². The molecule has 0 atom stereocenters. The molecule has 0 aromatic heterocycles. The molecule has 1 rings (SSSR count). The Hall–Kier alpha value is -1.46. The molecular formula is C13H20FN3O. The third-order valence-electron chi connectivity index (χ3n) is 2.46. The van der Waals surface area contributed by atoms with Gasteiger partial charge in [-0.25, -0.2) is 4.39 Å². The Balaban J connectivity index is 2.87. The predicted octanol–water partition coefficient (Wildman–Crippen LogP) is 1.31. The summed E-state index contributed by atoms with van der Waals surface area (Å²) in [5, 5.41) is 17.2. The van der Waals surface area contributed by atoms with Crippen molar-refractivity contribution in [2.45, 2.75) is 26.0 Å². The van der Waals surface area contributed by atoms with Crippen LogP contribution in [0.25, 0.3) is 0 Å². The number of hydrogen-bond acceptors (Lipinski definition) is 3. The van der Waals surface area contributed by atoms with E-state index in [1.54, 1.807) is 19.9 Å². The summed E-state index contributed by atoms with van der Waals surface area (Å²) in [4.78, 5) is 1.90. The van der Waals surface area contributed by atoms with Crippen LogP contribution in [0.5, 0.6) is 0 Å². The number of nitrogens with two attached hydrogens (primary N) is 1. The lowest BCUT2D eigenvalue weighted by Crippen LogP contribution is -2.36. The summed E-state index contributed by atoms with van der Waals surface area (Å²) in [5.74, 6) is -0.560. The van der Waals surface area contributed by atoms with Crippen LogP contribution < -0.4 is 5.73 Å². The van der Waals surface area contributed by atoms with E-state index < -0.39 is 11.4 Å². The Morgan fingerprint density at radius 2 is 2.11 bits per heavy atom. The maximum Gasteiger partial charge on any atom is 0.123 e. The van der Waals surface area contributed by atoms with E-state index in [2.05, 4.69) is 0 Å². The summed E-state index contributed by atoms with van der Waals surface area (Å²) < 4.78 is 13.1. The first-order valence-corrected chi connectivity index (χ1v) is 5.73. The molecule has 0 bridgehead atoms. The summed E-state index contributed by atoms with van der Waals surface area (Å²) in [6, 6.07) is 4.22. The van der Waals surface area contributed by atoms with E-state index >= 15 is 0 Å². The number of likely N-dealkylation sites (N-methyl/N-ethyl adjacent to an activating group) is 1. The number of nitrogen functional groups attached to an aromatic ring is 1. The molecule has 0 radical (unpaired) electrons. The Labute approximate surface area is 107 Å². The highest BCUT2D eigenvalue weighted by atomic mass is 19.1. The van der Waals surface area contributed by atoms with Gasteiger partial charge in [0.2, 0.25) is 0 Å². The van der Waals surface area contributed by atoms with E-state index in [0.717, 1.165) is 5.56 Å². The number of aliphatic hydroxyl groups is 1. The van der Waals surface area contributed by atoms with Crippen LogP contribution in [0, 0.1) is 11.2 Å². The SMILES string of the molecule is CN(Cc1ccc(F)cc1C(=N)N)CC(C)(C)O. The molecule has 0 aliphatic rings. The van der Waals surface area contributed by atoms with Gasteiger partial charge in [-0.1, -0.05) is 6.07 Å². The fourth-order valence-corrected chi connectivity index (χ4v) is 1.94. The molecule has 0 amide bonds. The molecule has 1 aromatic carbocycles. The van der Waals surface area contributed by atoms with Crippen LogP contribution in [0.2, 0.25) is 0 Å². The maximum absolute atomic E-state index is 13.1. The maximum atomic E-state index is 13.1. The molecule has 4 nitrogen and oxygen atoms in total.